The van der Waals surface area contributed by atoms with Crippen molar-refractivity contribution < 1.29 is 24.3 Å². The molecule has 9 N–H and O–H groups in total. The Morgan fingerprint density at radius 2 is 1.85 bits per heavy atom. The highest BCUT2D eigenvalue weighted by Crippen LogP contribution is 2.19. The molecule has 1 fully saturated rings. The summed E-state index contributed by atoms with van der Waals surface area (Å²) in [7, 11) is 0. The standard InChI is InChI=1S/C19H35N7O5S2/c1-33-9-6-11(20)15(27)25-13(10-32)16(28)24-12(4-2-7-23-19(21)22)17(29)26-8-3-5-14(26)18(30)31/h11-14,32H,2-10,20H2,1H3,(H,24,28)(H,25,27)(H,30,31)(H4,21,22,23). The summed E-state index contributed by atoms with van der Waals surface area (Å²) < 4.78 is 0. The van der Waals surface area contributed by atoms with Crippen LogP contribution in [0.1, 0.15) is 32.1 Å². The van der Waals surface area contributed by atoms with Gasteiger partial charge in [0.05, 0.1) is 6.04 Å². The second kappa shape index (κ2) is 14.9. The number of thioether (sulfide) groups is 1. The summed E-state index contributed by atoms with van der Waals surface area (Å²) >= 11 is 5.69. The Balaban J connectivity index is 2.89. The number of hydrogen-bond acceptors (Lipinski definition) is 8. The zero-order valence-corrected chi connectivity index (χ0v) is 20.4. The molecule has 33 heavy (non-hydrogen) atoms. The molecule has 1 saturated heterocycles. The number of carboxylic acids is 1. The smallest absolute Gasteiger partial charge is 0.326 e. The van der Waals surface area contributed by atoms with E-state index >= 15 is 0 Å². The highest BCUT2D eigenvalue weighted by atomic mass is 32.2. The molecule has 12 nitrogen and oxygen atoms in total. The van der Waals surface area contributed by atoms with Gasteiger partial charge in [0.2, 0.25) is 17.7 Å². The van der Waals surface area contributed by atoms with Gasteiger partial charge in [0.1, 0.15) is 18.1 Å². The predicted molar refractivity (Wildman–Crippen MR) is 131 cm³/mol. The monoisotopic (exact) mass is 505 g/mol. The number of aliphatic imine (C=N–C) groups is 1. The van der Waals surface area contributed by atoms with Crippen molar-refractivity contribution in [2.24, 2.45) is 22.2 Å². The van der Waals surface area contributed by atoms with Crippen molar-refractivity contribution in [2.75, 3.05) is 30.9 Å². The number of likely N-dealkylation sites (tertiary alicyclic amines) is 1. The third-order valence-corrected chi connectivity index (χ3v) is 6.18. The lowest BCUT2D eigenvalue weighted by molar-refractivity contribution is -0.149. The Morgan fingerprint density at radius 1 is 1.18 bits per heavy atom. The van der Waals surface area contributed by atoms with Crippen LogP contribution in [0.3, 0.4) is 0 Å². The third-order valence-electron chi connectivity index (χ3n) is 5.17. The van der Waals surface area contributed by atoms with Crippen LogP contribution in [0, 0.1) is 0 Å². The number of aliphatic carboxylic acids is 1. The van der Waals surface area contributed by atoms with E-state index < -0.39 is 47.9 Å². The number of rotatable bonds is 14. The molecule has 0 spiro atoms. The SMILES string of the molecule is CSCCC(N)C(=O)NC(CS)C(=O)NC(CCCN=C(N)N)C(=O)N1CCCC1C(=O)O. The van der Waals surface area contributed by atoms with E-state index in [0.717, 1.165) is 0 Å². The molecule has 3 amide bonds. The quantitative estimate of drug-likeness (QED) is 0.0608. The Bertz CT molecular complexity index is 721. The zero-order valence-electron chi connectivity index (χ0n) is 18.7. The van der Waals surface area contributed by atoms with Gasteiger partial charge in [0.25, 0.3) is 0 Å². The number of nitrogens with two attached hydrogens (primary N) is 3. The molecule has 0 bridgehead atoms. The fourth-order valence-corrected chi connectivity index (χ4v) is 4.12. The van der Waals surface area contributed by atoms with Gasteiger partial charge in [0.15, 0.2) is 5.96 Å². The van der Waals surface area contributed by atoms with Crippen LogP contribution < -0.4 is 27.8 Å². The molecular formula is C19H35N7O5S2. The number of carbonyl (C=O) groups is 4. The predicted octanol–water partition coefficient (Wildman–Crippen LogP) is -1.90. The van der Waals surface area contributed by atoms with E-state index in [-0.39, 0.29) is 31.2 Å². The largest absolute Gasteiger partial charge is 0.480 e. The molecular weight excluding hydrogens is 470 g/mol. The zero-order chi connectivity index (χ0) is 25.0. The number of carboxylic acid groups (broad SMARTS) is 1. The van der Waals surface area contributed by atoms with Gasteiger partial charge in [-0.1, -0.05) is 0 Å². The van der Waals surface area contributed by atoms with E-state index in [1.54, 1.807) is 11.8 Å². The Labute approximate surface area is 203 Å². The molecule has 4 unspecified atom stereocenters. The number of nitrogens with zero attached hydrogens (tertiary/aromatic N) is 2. The maximum atomic E-state index is 13.1. The summed E-state index contributed by atoms with van der Waals surface area (Å²) in [6.45, 7) is 0.522. The van der Waals surface area contributed by atoms with Crippen molar-refractivity contribution in [2.45, 2.75) is 56.3 Å². The lowest BCUT2D eigenvalue weighted by Crippen LogP contribution is -2.57. The average molecular weight is 506 g/mol. The van der Waals surface area contributed by atoms with Crippen LogP contribution in [-0.4, -0.2) is 94.7 Å². The Hall–Kier alpha value is -2.19. The van der Waals surface area contributed by atoms with E-state index in [1.807, 2.05) is 6.26 Å². The molecule has 0 aromatic carbocycles. The summed E-state index contributed by atoms with van der Waals surface area (Å²) in [5.74, 6) is -2.10. The van der Waals surface area contributed by atoms with Crippen LogP contribution in [0.4, 0.5) is 0 Å². The topological polar surface area (TPSA) is 206 Å². The first-order valence-corrected chi connectivity index (χ1v) is 12.7. The van der Waals surface area contributed by atoms with Crippen molar-refractivity contribution in [1.29, 1.82) is 0 Å². The fourth-order valence-electron chi connectivity index (χ4n) is 3.37. The van der Waals surface area contributed by atoms with E-state index in [0.29, 0.717) is 31.4 Å². The highest BCUT2D eigenvalue weighted by Gasteiger charge is 2.38. The number of hydrogen-bond donors (Lipinski definition) is 7. The highest BCUT2D eigenvalue weighted by molar-refractivity contribution is 7.98. The van der Waals surface area contributed by atoms with Gasteiger partial charge < -0.3 is 37.8 Å². The van der Waals surface area contributed by atoms with E-state index in [1.165, 1.54) is 4.90 Å². The minimum atomic E-state index is -1.09. The molecule has 0 aliphatic carbocycles. The number of guanidine groups is 1. The summed E-state index contributed by atoms with van der Waals surface area (Å²) in [4.78, 5) is 54.9. The molecule has 14 heteroatoms. The summed E-state index contributed by atoms with van der Waals surface area (Å²) in [5, 5.41) is 14.6. The van der Waals surface area contributed by atoms with Crippen LogP contribution in [0.5, 0.6) is 0 Å². The normalized spacial score (nSPS) is 18.2. The van der Waals surface area contributed by atoms with Crippen molar-refractivity contribution in [3.8, 4) is 0 Å². The molecule has 0 saturated carbocycles. The Kier molecular flexibility index (Phi) is 13.0. The molecule has 0 aromatic rings. The van der Waals surface area contributed by atoms with E-state index in [2.05, 4.69) is 28.3 Å². The Morgan fingerprint density at radius 3 is 2.42 bits per heavy atom. The molecule has 4 atom stereocenters. The van der Waals surface area contributed by atoms with Gasteiger partial charge in [-0.05, 0) is 44.1 Å². The minimum Gasteiger partial charge on any atom is -0.480 e. The van der Waals surface area contributed by atoms with Crippen LogP contribution in [0.2, 0.25) is 0 Å². The van der Waals surface area contributed by atoms with Crippen LogP contribution in [0.25, 0.3) is 0 Å². The summed E-state index contributed by atoms with van der Waals surface area (Å²) in [6.07, 6.45) is 3.81. The van der Waals surface area contributed by atoms with E-state index in [9.17, 15) is 24.3 Å². The lowest BCUT2D eigenvalue weighted by atomic mass is 10.1. The maximum Gasteiger partial charge on any atom is 0.326 e. The minimum absolute atomic E-state index is 0.0107. The molecule has 1 aliphatic heterocycles. The first-order chi connectivity index (χ1) is 15.6. The third kappa shape index (κ3) is 9.68. The van der Waals surface area contributed by atoms with Gasteiger partial charge >= 0.3 is 5.97 Å². The van der Waals surface area contributed by atoms with Crippen molar-refractivity contribution in [3.63, 3.8) is 0 Å². The second-order valence-electron chi connectivity index (χ2n) is 7.67. The van der Waals surface area contributed by atoms with Crippen LogP contribution in [-0.2, 0) is 19.2 Å². The second-order valence-corrected chi connectivity index (χ2v) is 9.02. The summed E-state index contributed by atoms with van der Waals surface area (Å²) in [5.41, 5.74) is 16.5. The van der Waals surface area contributed by atoms with Crippen molar-refractivity contribution >= 4 is 54.0 Å². The average Bonchev–Trinajstić information content (AvgIpc) is 3.27. The molecule has 1 aliphatic rings. The van der Waals surface area contributed by atoms with Crippen molar-refractivity contribution in [3.05, 3.63) is 0 Å². The van der Waals surface area contributed by atoms with Gasteiger partial charge in [-0.15, -0.1) is 0 Å². The fraction of sp³-hybridized carbons (Fsp3) is 0.737. The number of nitrogens with one attached hydrogen (secondary N) is 2. The van der Waals surface area contributed by atoms with Crippen LogP contribution >= 0.6 is 24.4 Å². The van der Waals surface area contributed by atoms with Crippen LogP contribution in [0.15, 0.2) is 4.99 Å². The maximum absolute atomic E-state index is 13.1. The number of amides is 3. The molecule has 1 rings (SSSR count). The molecule has 0 aromatic heterocycles. The first-order valence-electron chi connectivity index (χ1n) is 10.7. The van der Waals surface area contributed by atoms with Gasteiger partial charge in [-0.25, -0.2) is 4.79 Å². The summed E-state index contributed by atoms with van der Waals surface area (Å²) in [6, 6.07) is -3.73. The van der Waals surface area contributed by atoms with Gasteiger partial charge in [-0.2, -0.15) is 24.4 Å². The van der Waals surface area contributed by atoms with Gasteiger partial charge in [0, 0.05) is 18.8 Å². The lowest BCUT2D eigenvalue weighted by Gasteiger charge is -2.28. The number of carbonyl (C=O) groups excluding carboxylic acids is 3. The first kappa shape index (κ1) is 28.8. The molecule has 188 valence electrons. The van der Waals surface area contributed by atoms with E-state index in [4.69, 9.17) is 17.2 Å². The number of thiol groups is 1. The van der Waals surface area contributed by atoms with Gasteiger partial charge in [-0.3, -0.25) is 19.4 Å². The van der Waals surface area contributed by atoms with Crippen molar-refractivity contribution in [1.82, 2.24) is 15.5 Å². The molecule has 1 heterocycles. The molecule has 0 radical (unpaired) electrons.